The van der Waals surface area contributed by atoms with Crippen LogP contribution in [0.4, 0.5) is 5.69 Å². The van der Waals surface area contributed by atoms with Crippen LogP contribution in [0.15, 0.2) is 18.2 Å². The van der Waals surface area contributed by atoms with E-state index in [1.807, 2.05) is 0 Å². The number of nitrogens with zero attached hydrogens (tertiary/aromatic N) is 1. The van der Waals surface area contributed by atoms with E-state index < -0.39 is 16.4 Å². The monoisotopic (exact) mass is 236 g/mol. The van der Waals surface area contributed by atoms with Crippen LogP contribution in [0.5, 0.6) is 5.75 Å². The van der Waals surface area contributed by atoms with Crippen molar-refractivity contribution < 1.29 is 14.5 Å². The molecule has 1 amide bonds. The molecule has 0 saturated carbocycles. The van der Waals surface area contributed by atoms with E-state index >= 15 is 0 Å². The minimum absolute atomic E-state index is 0.0104. The van der Waals surface area contributed by atoms with Crippen LogP contribution in [0, 0.1) is 10.1 Å². The molecule has 1 aromatic carbocycles. The summed E-state index contributed by atoms with van der Waals surface area (Å²) in [5, 5.41) is 10.6. The van der Waals surface area contributed by atoms with Gasteiger partial charge in [-0.1, -0.05) is 6.92 Å². The molecule has 2 rings (SSSR count). The number of primary amides is 1. The van der Waals surface area contributed by atoms with Crippen molar-refractivity contribution in [3.8, 4) is 5.75 Å². The van der Waals surface area contributed by atoms with Crippen molar-refractivity contribution in [1.82, 2.24) is 0 Å². The van der Waals surface area contributed by atoms with Gasteiger partial charge in [0.2, 0.25) is 0 Å². The maximum absolute atomic E-state index is 11.4. The summed E-state index contributed by atoms with van der Waals surface area (Å²) in [6, 6.07) is 4.29. The summed E-state index contributed by atoms with van der Waals surface area (Å²) in [6.07, 6.45) is 0.723. The van der Waals surface area contributed by atoms with E-state index in [2.05, 4.69) is 0 Å². The van der Waals surface area contributed by atoms with Gasteiger partial charge < -0.3 is 10.5 Å². The number of nitrogens with two attached hydrogens (primary N) is 1. The molecule has 6 nitrogen and oxygen atoms in total. The predicted molar refractivity (Wildman–Crippen MR) is 59.6 cm³/mol. The van der Waals surface area contributed by atoms with E-state index in [-0.39, 0.29) is 12.1 Å². The standard InChI is InChI=1S/C11H12N2O4/c1-2-11(10(12)14)6-7-5-8(13(15)16)3-4-9(7)17-11/h3-5H,2,6H2,1H3,(H2,12,14). The number of fused-ring (bicyclic) bond motifs is 1. The number of amides is 1. The van der Waals surface area contributed by atoms with Gasteiger partial charge in [0, 0.05) is 24.1 Å². The summed E-state index contributed by atoms with van der Waals surface area (Å²) < 4.78 is 5.54. The number of hydrogen-bond donors (Lipinski definition) is 1. The van der Waals surface area contributed by atoms with Gasteiger partial charge in [0.15, 0.2) is 5.60 Å². The third-order valence-corrected chi connectivity index (χ3v) is 3.06. The first-order valence-electron chi connectivity index (χ1n) is 5.25. The number of hydrogen-bond acceptors (Lipinski definition) is 4. The second-order valence-electron chi connectivity index (χ2n) is 4.04. The SMILES string of the molecule is CCC1(C(N)=O)Cc2cc([N+](=O)[O-])ccc2O1. The van der Waals surface area contributed by atoms with Gasteiger partial charge in [0.25, 0.3) is 11.6 Å². The second-order valence-corrected chi connectivity index (χ2v) is 4.04. The molecule has 0 aliphatic carbocycles. The Labute approximate surface area is 97.5 Å². The molecule has 1 unspecified atom stereocenters. The van der Waals surface area contributed by atoms with Gasteiger partial charge in [-0.15, -0.1) is 0 Å². The Morgan fingerprint density at radius 1 is 1.65 bits per heavy atom. The number of nitro groups is 1. The molecule has 0 saturated heterocycles. The van der Waals surface area contributed by atoms with Crippen molar-refractivity contribution in [2.45, 2.75) is 25.4 Å². The fourth-order valence-corrected chi connectivity index (χ4v) is 1.98. The molecule has 1 aromatic rings. The number of non-ortho nitro benzene ring substituents is 1. The summed E-state index contributed by atoms with van der Waals surface area (Å²) >= 11 is 0. The summed E-state index contributed by atoms with van der Waals surface area (Å²) in [4.78, 5) is 21.6. The summed E-state index contributed by atoms with van der Waals surface area (Å²) in [5.74, 6) is -0.0462. The lowest BCUT2D eigenvalue weighted by molar-refractivity contribution is -0.384. The van der Waals surface area contributed by atoms with E-state index in [4.69, 9.17) is 10.5 Å². The van der Waals surface area contributed by atoms with Crippen molar-refractivity contribution in [3.05, 3.63) is 33.9 Å². The Balaban J connectivity index is 2.39. The van der Waals surface area contributed by atoms with E-state index in [1.165, 1.54) is 18.2 Å². The zero-order valence-electron chi connectivity index (χ0n) is 9.30. The maximum atomic E-state index is 11.4. The van der Waals surface area contributed by atoms with Crippen LogP contribution in [-0.2, 0) is 11.2 Å². The molecule has 6 heteroatoms. The molecular weight excluding hydrogens is 224 g/mol. The number of ether oxygens (including phenoxy) is 1. The van der Waals surface area contributed by atoms with Crippen molar-refractivity contribution >= 4 is 11.6 Å². The van der Waals surface area contributed by atoms with Crippen LogP contribution in [0.1, 0.15) is 18.9 Å². The van der Waals surface area contributed by atoms with Gasteiger partial charge >= 0.3 is 0 Å². The van der Waals surface area contributed by atoms with Crippen molar-refractivity contribution in [2.24, 2.45) is 5.73 Å². The Hall–Kier alpha value is -2.11. The lowest BCUT2D eigenvalue weighted by atomic mass is 9.93. The molecule has 90 valence electrons. The van der Waals surface area contributed by atoms with Crippen LogP contribution in [0.2, 0.25) is 0 Å². The number of carbonyl (C=O) groups excluding carboxylic acids is 1. The van der Waals surface area contributed by atoms with E-state index in [0.29, 0.717) is 17.7 Å². The lowest BCUT2D eigenvalue weighted by Crippen LogP contribution is -2.47. The number of rotatable bonds is 3. The first-order chi connectivity index (χ1) is 7.98. The van der Waals surface area contributed by atoms with Crippen LogP contribution < -0.4 is 10.5 Å². The van der Waals surface area contributed by atoms with Crippen molar-refractivity contribution in [3.63, 3.8) is 0 Å². The summed E-state index contributed by atoms with van der Waals surface area (Å²) in [7, 11) is 0. The highest BCUT2D eigenvalue weighted by atomic mass is 16.6. The van der Waals surface area contributed by atoms with Gasteiger partial charge in [-0.05, 0) is 12.5 Å². The van der Waals surface area contributed by atoms with Crippen LogP contribution in [-0.4, -0.2) is 16.4 Å². The van der Waals surface area contributed by atoms with Crippen molar-refractivity contribution in [1.29, 1.82) is 0 Å². The number of nitro benzene ring substituents is 1. The van der Waals surface area contributed by atoms with Crippen LogP contribution >= 0.6 is 0 Å². The van der Waals surface area contributed by atoms with Gasteiger partial charge in [-0.2, -0.15) is 0 Å². The fraction of sp³-hybridized carbons (Fsp3) is 0.364. The predicted octanol–water partition coefficient (Wildman–Crippen LogP) is 1.16. The third-order valence-electron chi connectivity index (χ3n) is 3.06. The number of carbonyl (C=O) groups is 1. The fourth-order valence-electron chi connectivity index (χ4n) is 1.98. The average Bonchev–Trinajstić information content (AvgIpc) is 2.67. The highest BCUT2D eigenvalue weighted by Crippen LogP contribution is 2.38. The largest absolute Gasteiger partial charge is 0.477 e. The highest BCUT2D eigenvalue weighted by molar-refractivity contribution is 5.85. The molecule has 0 bridgehead atoms. The van der Waals surface area contributed by atoms with E-state index in [0.717, 1.165) is 0 Å². The smallest absolute Gasteiger partial charge is 0.269 e. The summed E-state index contributed by atoms with van der Waals surface area (Å²) in [6.45, 7) is 1.80. The Morgan fingerprint density at radius 2 is 2.35 bits per heavy atom. The molecule has 1 aliphatic heterocycles. The Bertz CT molecular complexity index is 500. The van der Waals surface area contributed by atoms with Gasteiger partial charge in [-0.25, -0.2) is 0 Å². The molecule has 17 heavy (non-hydrogen) atoms. The first kappa shape index (κ1) is 11.4. The molecule has 0 radical (unpaired) electrons. The minimum atomic E-state index is -1.06. The van der Waals surface area contributed by atoms with E-state index in [9.17, 15) is 14.9 Å². The van der Waals surface area contributed by atoms with Crippen LogP contribution in [0.25, 0.3) is 0 Å². The molecule has 2 N–H and O–H groups in total. The second kappa shape index (κ2) is 3.73. The molecule has 0 fully saturated rings. The zero-order valence-corrected chi connectivity index (χ0v) is 9.30. The van der Waals surface area contributed by atoms with Gasteiger partial charge in [-0.3, -0.25) is 14.9 Å². The minimum Gasteiger partial charge on any atom is -0.477 e. The lowest BCUT2D eigenvalue weighted by Gasteiger charge is -2.23. The Morgan fingerprint density at radius 3 is 2.88 bits per heavy atom. The van der Waals surface area contributed by atoms with Crippen LogP contribution in [0.3, 0.4) is 0 Å². The number of benzene rings is 1. The quantitative estimate of drug-likeness (QED) is 0.629. The van der Waals surface area contributed by atoms with Gasteiger partial charge in [0.1, 0.15) is 5.75 Å². The van der Waals surface area contributed by atoms with Crippen molar-refractivity contribution in [2.75, 3.05) is 0 Å². The topological polar surface area (TPSA) is 95.5 Å². The van der Waals surface area contributed by atoms with E-state index in [1.54, 1.807) is 6.92 Å². The summed E-state index contributed by atoms with van der Waals surface area (Å²) in [5.41, 5.74) is 4.91. The Kier molecular flexibility index (Phi) is 2.49. The third kappa shape index (κ3) is 1.71. The molecule has 0 spiro atoms. The average molecular weight is 236 g/mol. The molecule has 0 aromatic heterocycles. The molecule has 1 heterocycles. The molecular formula is C11H12N2O4. The zero-order chi connectivity index (χ0) is 12.6. The first-order valence-corrected chi connectivity index (χ1v) is 5.25. The molecule has 1 aliphatic rings. The highest BCUT2D eigenvalue weighted by Gasteiger charge is 2.43. The normalized spacial score (nSPS) is 21.7. The molecule has 1 atom stereocenters. The maximum Gasteiger partial charge on any atom is 0.269 e. The van der Waals surface area contributed by atoms with Gasteiger partial charge in [0.05, 0.1) is 4.92 Å².